The lowest BCUT2D eigenvalue weighted by molar-refractivity contribution is 0.301. The van der Waals surface area contributed by atoms with E-state index >= 15 is 0 Å². The van der Waals surface area contributed by atoms with Crippen LogP contribution in [-0.4, -0.2) is 27.1 Å². The molecule has 76 valence electrons. The molecule has 0 radical (unpaired) electrons. The zero-order chi connectivity index (χ0) is 9.47. The molecule has 0 amide bonds. The van der Waals surface area contributed by atoms with Gasteiger partial charge in [-0.1, -0.05) is 6.42 Å². The van der Waals surface area contributed by atoms with Crippen LogP contribution in [0.3, 0.4) is 0 Å². The van der Waals surface area contributed by atoms with Crippen LogP contribution in [0.2, 0.25) is 18.6 Å². The lowest BCUT2D eigenvalue weighted by atomic mass is 10.0. The SMILES string of the molecule is CCO[Si](C)(C)C1CCCC2OC21. The maximum absolute atomic E-state index is 5.92. The Balaban J connectivity index is 1.98. The highest BCUT2D eigenvalue weighted by Gasteiger charge is 2.53. The van der Waals surface area contributed by atoms with Crippen LogP contribution in [0.15, 0.2) is 0 Å². The summed E-state index contributed by atoms with van der Waals surface area (Å²) in [6.45, 7) is 7.65. The first-order valence-corrected chi connectivity index (χ1v) is 8.43. The highest BCUT2D eigenvalue weighted by molar-refractivity contribution is 6.72. The molecule has 3 unspecified atom stereocenters. The Morgan fingerprint density at radius 2 is 2.15 bits per heavy atom. The van der Waals surface area contributed by atoms with Gasteiger partial charge < -0.3 is 9.16 Å². The summed E-state index contributed by atoms with van der Waals surface area (Å²) in [6.07, 6.45) is 5.14. The Kier molecular flexibility index (Phi) is 2.51. The quantitative estimate of drug-likeness (QED) is 0.516. The van der Waals surface area contributed by atoms with Crippen molar-refractivity contribution < 1.29 is 9.16 Å². The lowest BCUT2D eigenvalue weighted by Gasteiger charge is -2.32. The molecule has 3 atom stereocenters. The maximum atomic E-state index is 5.92. The van der Waals surface area contributed by atoms with Crippen molar-refractivity contribution in [2.75, 3.05) is 6.61 Å². The van der Waals surface area contributed by atoms with Crippen molar-refractivity contribution in [1.29, 1.82) is 0 Å². The molecule has 0 N–H and O–H groups in total. The van der Waals surface area contributed by atoms with Gasteiger partial charge >= 0.3 is 0 Å². The van der Waals surface area contributed by atoms with E-state index in [4.69, 9.17) is 9.16 Å². The van der Waals surface area contributed by atoms with Crippen molar-refractivity contribution >= 4 is 8.32 Å². The standard InChI is InChI=1S/C10H20O2Si/c1-4-11-13(2,3)9-7-5-6-8-10(9)12-8/h8-10H,4-7H2,1-3H3. The number of hydrogen-bond donors (Lipinski definition) is 0. The first-order valence-electron chi connectivity index (χ1n) is 5.44. The normalized spacial score (nSPS) is 38.5. The molecule has 13 heavy (non-hydrogen) atoms. The number of epoxide rings is 1. The first-order chi connectivity index (χ1) is 6.15. The van der Waals surface area contributed by atoms with Crippen LogP contribution < -0.4 is 0 Å². The third-order valence-electron chi connectivity index (χ3n) is 3.43. The van der Waals surface area contributed by atoms with E-state index in [1.807, 2.05) is 0 Å². The molecule has 2 fully saturated rings. The third kappa shape index (κ3) is 1.83. The predicted octanol–water partition coefficient (Wildman–Crippen LogP) is 2.55. The van der Waals surface area contributed by atoms with E-state index in [9.17, 15) is 0 Å². The Morgan fingerprint density at radius 3 is 2.85 bits per heavy atom. The Labute approximate surface area is 81.7 Å². The summed E-state index contributed by atoms with van der Waals surface area (Å²) < 4.78 is 11.6. The highest BCUT2D eigenvalue weighted by atomic mass is 28.4. The van der Waals surface area contributed by atoms with Gasteiger partial charge in [-0.15, -0.1) is 0 Å². The van der Waals surface area contributed by atoms with Gasteiger partial charge in [-0.25, -0.2) is 0 Å². The topological polar surface area (TPSA) is 21.8 Å². The zero-order valence-corrected chi connectivity index (χ0v) is 9.88. The van der Waals surface area contributed by atoms with Crippen LogP contribution in [-0.2, 0) is 9.16 Å². The molecule has 0 aromatic heterocycles. The number of ether oxygens (including phenoxy) is 1. The molecule has 2 rings (SSSR count). The molecule has 1 aliphatic heterocycles. The summed E-state index contributed by atoms with van der Waals surface area (Å²) in [5, 5.41) is 0. The summed E-state index contributed by atoms with van der Waals surface area (Å²) >= 11 is 0. The van der Waals surface area contributed by atoms with Crippen LogP contribution in [0.4, 0.5) is 0 Å². The van der Waals surface area contributed by atoms with Gasteiger partial charge in [0, 0.05) is 12.1 Å². The zero-order valence-electron chi connectivity index (χ0n) is 8.88. The molecule has 2 aliphatic rings. The highest BCUT2D eigenvalue weighted by Crippen LogP contribution is 2.48. The minimum absolute atomic E-state index is 0.571. The van der Waals surface area contributed by atoms with E-state index in [0.29, 0.717) is 12.2 Å². The number of rotatable bonds is 3. The van der Waals surface area contributed by atoms with Crippen molar-refractivity contribution in [2.24, 2.45) is 0 Å². The molecule has 1 saturated heterocycles. The second-order valence-corrected chi connectivity index (χ2v) is 8.95. The average molecular weight is 200 g/mol. The molecule has 0 aromatic rings. The fourth-order valence-electron chi connectivity index (χ4n) is 2.67. The summed E-state index contributed by atoms with van der Waals surface area (Å²) in [4.78, 5) is 0. The fourth-order valence-corrected chi connectivity index (χ4v) is 5.61. The Bertz CT molecular complexity index is 193. The van der Waals surface area contributed by atoms with Gasteiger partial charge in [-0.3, -0.25) is 0 Å². The van der Waals surface area contributed by atoms with Crippen molar-refractivity contribution in [1.82, 2.24) is 0 Å². The van der Waals surface area contributed by atoms with Gasteiger partial charge in [-0.2, -0.15) is 0 Å². The summed E-state index contributed by atoms with van der Waals surface area (Å²) in [5.74, 6) is 0. The van der Waals surface area contributed by atoms with Crippen LogP contribution in [0.1, 0.15) is 26.2 Å². The molecule has 0 spiro atoms. The van der Waals surface area contributed by atoms with E-state index in [-0.39, 0.29) is 0 Å². The summed E-state index contributed by atoms with van der Waals surface area (Å²) in [5.41, 5.74) is 0.756. The lowest BCUT2D eigenvalue weighted by Crippen LogP contribution is -2.40. The second-order valence-electron chi connectivity index (χ2n) is 4.71. The molecule has 1 aliphatic carbocycles. The van der Waals surface area contributed by atoms with Gasteiger partial charge in [0.05, 0.1) is 12.2 Å². The van der Waals surface area contributed by atoms with Crippen molar-refractivity contribution in [3.8, 4) is 0 Å². The minimum Gasteiger partial charge on any atom is -0.417 e. The fraction of sp³-hybridized carbons (Fsp3) is 1.00. The second kappa shape index (κ2) is 3.37. The molecule has 1 heterocycles. The van der Waals surface area contributed by atoms with Gasteiger partial charge in [0.25, 0.3) is 0 Å². The molecule has 0 aromatic carbocycles. The maximum Gasteiger partial charge on any atom is 0.192 e. The van der Waals surface area contributed by atoms with Crippen LogP contribution in [0.5, 0.6) is 0 Å². The largest absolute Gasteiger partial charge is 0.417 e. The third-order valence-corrected chi connectivity index (χ3v) is 6.87. The molecule has 3 heteroatoms. The van der Waals surface area contributed by atoms with Gasteiger partial charge in [0.1, 0.15) is 0 Å². The predicted molar refractivity (Wildman–Crippen MR) is 55.4 cm³/mol. The Hall–Kier alpha value is 0.137. The summed E-state index contributed by atoms with van der Waals surface area (Å²) in [7, 11) is -1.45. The van der Waals surface area contributed by atoms with Crippen molar-refractivity contribution in [3.05, 3.63) is 0 Å². The molecular weight excluding hydrogens is 180 g/mol. The monoisotopic (exact) mass is 200 g/mol. The van der Waals surface area contributed by atoms with E-state index in [1.165, 1.54) is 19.3 Å². The number of fused-ring (bicyclic) bond motifs is 1. The van der Waals surface area contributed by atoms with E-state index in [0.717, 1.165) is 12.1 Å². The number of hydrogen-bond acceptors (Lipinski definition) is 2. The smallest absolute Gasteiger partial charge is 0.192 e. The minimum atomic E-state index is -1.45. The van der Waals surface area contributed by atoms with E-state index in [1.54, 1.807) is 0 Å². The summed E-state index contributed by atoms with van der Waals surface area (Å²) in [6, 6.07) is 0. The average Bonchev–Trinajstić information content (AvgIpc) is 2.80. The van der Waals surface area contributed by atoms with E-state index < -0.39 is 8.32 Å². The van der Waals surface area contributed by atoms with Crippen LogP contribution in [0, 0.1) is 0 Å². The molecule has 1 saturated carbocycles. The van der Waals surface area contributed by atoms with Gasteiger partial charge in [0.15, 0.2) is 8.32 Å². The molecular formula is C10H20O2Si. The van der Waals surface area contributed by atoms with Crippen molar-refractivity contribution in [3.63, 3.8) is 0 Å². The molecule has 2 nitrogen and oxygen atoms in total. The van der Waals surface area contributed by atoms with Crippen LogP contribution >= 0.6 is 0 Å². The van der Waals surface area contributed by atoms with Gasteiger partial charge in [0.2, 0.25) is 0 Å². The Morgan fingerprint density at radius 1 is 1.38 bits per heavy atom. The van der Waals surface area contributed by atoms with E-state index in [2.05, 4.69) is 20.0 Å². The van der Waals surface area contributed by atoms with Crippen LogP contribution in [0.25, 0.3) is 0 Å². The van der Waals surface area contributed by atoms with Gasteiger partial charge in [-0.05, 0) is 32.9 Å². The first kappa shape index (κ1) is 9.68. The molecule has 0 bridgehead atoms. The van der Waals surface area contributed by atoms with Crippen molar-refractivity contribution in [2.45, 2.75) is 57.0 Å².